The van der Waals surface area contributed by atoms with Gasteiger partial charge in [-0.25, -0.2) is 0 Å². The maximum atomic E-state index is 12.9. The van der Waals surface area contributed by atoms with Crippen molar-refractivity contribution < 1.29 is 18.7 Å². The fourth-order valence-corrected chi connectivity index (χ4v) is 3.45. The maximum absolute atomic E-state index is 12.9. The summed E-state index contributed by atoms with van der Waals surface area (Å²) in [5.41, 5.74) is 2.12. The van der Waals surface area contributed by atoms with Crippen LogP contribution >= 0.6 is 0 Å². The standard InChI is InChI=1S/C22H22N2O4/c1-14-20(22(26)24-18-8-5-11-23-21(18)25)17-12-16(9-10-19(17)28-14)27-13-15-6-3-2-4-7-15/h2-4,6-7,9-10,12,18H,5,8,11,13H2,1H3,(H,23,25)(H,24,26)/t18-/m0/s1. The minimum atomic E-state index is -0.511. The molecule has 1 aliphatic heterocycles. The van der Waals surface area contributed by atoms with Crippen LogP contribution in [0.5, 0.6) is 5.75 Å². The Morgan fingerprint density at radius 1 is 1.25 bits per heavy atom. The van der Waals surface area contributed by atoms with Gasteiger partial charge in [0.05, 0.1) is 5.56 Å². The van der Waals surface area contributed by atoms with Crippen LogP contribution in [-0.4, -0.2) is 24.4 Å². The third-order valence-corrected chi connectivity index (χ3v) is 4.90. The Morgan fingerprint density at radius 3 is 2.86 bits per heavy atom. The molecule has 1 saturated heterocycles. The van der Waals surface area contributed by atoms with Crippen molar-refractivity contribution in [3.05, 3.63) is 65.4 Å². The van der Waals surface area contributed by atoms with Gasteiger partial charge in [0.1, 0.15) is 29.7 Å². The topological polar surface area (TPSA) is 80.6 Å². The van der Waals surface area contributed by atoms with E-state index in [1.165, 1.54) is 0 Å². The summed E-state index contributed by atoms with van der Waals surface area (Å²) in [5, 5.41) is 6.29. The molecule has 6 heteroatoms. The Labute approximate surface area is 162 Å². The van der Waals surface area contributed by atoms with E-state index >= 15 is 0 Å². The third-order valence-electron chi connectivity index (χ3n) is 4.90. The van der Waals surface area contributed by atoms with Gasteiger partial charge < -0.3 is 19.8 Å². The number of carbonyl (C=O) groups excluding carboxylic acids is 2. The molecular weight excluding hydrogens is 356 g/mol. The van der Waals surface area contributed by atoms with Crippen molar-refractivity contribution in [2.24, 2.45) is 0 Å². The molecule has 6 nitrogen and oxygen atoms in total. The first kappa shape index (κ1) is 18.1. The summed E-state index contributed by atoms with van der Waals surface area (Å²) in [5.74, 6) is 0.723. The Hall–Kier alpha value is -3.28. The molecule has 1 aromatic heterocycles. The Bertz CT molecular complexity index is 1010. The lowest BCUT2D eigenvalue weighted by Crippen LogP contribution is -2.50. The third kappa shape index (κ3) is 3.71. The largest absolute Gasteiger partial charge is 0.489 e. The molecule has 1 atom stereocenters. The molecule has 3 aromatic rings. The summed E-state index contributed by atoms with van der Waals surface area (Å²) in [4.78, 5) is 24.8. The number of nitrogens with one attached hydrogen (secondary N) is 2. The predicted molar refractivity (Wildman–Crippen MR) is 105 cm³/mol. The number of ether oxygens (including phenoxy) is 1. The zero-order valence-corrected chi connectivity index (χ0v) is 15.7. The van der Waals surface area contributed by atoms with Crippen LogP contribution in [0.3, 0.4) is 0 Å². The minimum absolute atomic E-state index is 0.142. The summed E-state index contributed by atoms with van der Waals surface area (Å²) in [7, 11) is 0. The molecule has 2 N–H and O–H groups in total. The lowest BCUT2D eigenvalue weighted by Gasteiger charge is -2.22. The second kappa shape index (κ2) is 7.76. The van der Waals surface area contributed by atoms with Crippen LogP contribution in [0.2, 0.25) is 0 Å². The van der Waals surface area contributed by atoms with Gasteiger partial charge in [-0.2, -0.15) is 0 Å². The minimum Gasteiger partial charge on any atom is -0.489 e. The second-order valence-corrected chi connectivity index (χ2v) is 6.92. The number of piperidine rings is 1. The molecule has 1 aliphatic rings. The molecule has 2 aromatic carbocycles. The number of rotatable bonds is 5. The predicted octanol–water partition coefficient (Wildman–Crippen LogP) is 3.33. The van der Waals surface area contributed by atoms with E-state index in [9.17, 15) is 9.59 Å². The molecule has 2 heterocycles. The molecule has 144 valence electrons. The van der Waals surface area contributed by atoms with E-state index in [-0.39, 0.29) is 11.8 Å². The van der Waals surface area contributed by atoms with Crippen molar-refractivity contribution in [1.29, 1.82) is 0 Å². The van der Waals surface area contributed by atoms with Gasteiger partial charge in [0, 0.05) is 11.9 Å². The molecular formula is C22H22N2O4. The van der Waals surface area contributed by atoms with Crippen molar-refractivity contribution in [2.75, 3.05) is 6.54 Å². The van der Waals surface area contributed by atoms with E-state index in [1.54, 1.807) is 13.0 Å². The number of amides is 2. The molecule has 0 bridgehead atoms. The first-order chi connectivity index (χ1) is 13.6. The number of hydrogen-bond acceptors (Lipinski definition) is 4. The molecule has 28 heavy (non-hydrogen) atoms. The van der Waals surface area contributed by atoms with Gasteiger partial charge in [-0.05, 0) is 43.5 Å². The summed E-state index contributed by atoms with van der Waals surface area (Å²) in [6, 6.07) is 14.8. The van der Waals surface area contributed by atoms with Gasteiger partial charge >= 0.3 is 0 Å². The Kier molecular flexibility index (Phi) is 5.02. The van der Waals surface area contributed by atoms with Crippen LogP contribution in [-0.2, 0) is 11.4 Å². The van der Waals surface area contributed by atoms with E-state index in [2.05, 4.69) is 10.6 Å². The normalized spacial score (nSPS) is 16.6. The van der Waals surface area contributed by atoms with Crippen LogP contribution < -0.4 is 15.4 Å². The molecule has 0 unspecified atom stereocenters. The van der Waals surface area contributed by atoms with Gasteiger partial charge in [-0.3, -0.25) is 9.59 Å². The average Bonchev–Trinajstić information content (AvgIpc) is 3.04. The smallest absolute Gasteiger partial charge is 0.256 e. The lowest BCUT2D eigenvalue weighted by molar-refractivity contribution is -0.124. The summed E-state index contributed by atoms with van der Waals surface area (Å²) in [6.45, 7) is 2.84. The van der Waals surface area contributed by atoms with Crippen molar-refractivity contribution >= 4 is 22.8 Å². The first-order valence-electron chi connectivity index (χ1n) is 9.40. The SMILES string of the molecule is Cc1oc2ccc(OCc3ccccc3)cc2c1C(=O)N[C@H]1CCCNC1=O. The summed E-state index contributed by atoms with van der Waals surface area (Å²) < 4.78 is 11.6. The van der Waals surface area contributed by atoms with Crippen molar-refractivity contribution in [1.82, 2.24) is 10.6 Å². The van der Waals surface area contributed by atoms with Gasteiger partial charge in [-0.15, -0.1) is 0 Å². The molecule has 0 saturated carbocycles. The molecule has 0 spiro atoms. The van der Waals surface area contributed by atoms with E-state index in [0.29, 0.717) is 47.6 Å². The van der Waals surface area contributed by atoms with Crippen LogP contribution in [0.4, 0.5) is 0 Å². The number of fused-ring (bicyclic) bond motifs is 1. The van der Waals surface area contributed by atoms with Crippen molar-refractivity contribution in [3.8, 4) is 5.75 Å². The molecule has 4 rings (SSSR count). The lowest BCUT2D eigenvalue weighted by atomic mass is 10.0. The van der Waals surface area contributed by atoms with Gasteiger partial charge in [-0.1, -0.05) is 30.3 Å². The monoisotopic (exact) mass is 378 g/mol. The highest BCUT2D eigenvalue weighted by Gasteiger charge is 2.27. The van der Waals surface area contributed by atoms with E-state index < -0.39 is 6.04 Å². The number of benzene rings is 2. The van der Waals surface area contributed by atoms with Crippen molar-refractivity contribution in [2.45, 2.75) is 32.4 Å². The van der Waals surface area contributed by atoms with Crippen LogP contribution in [0, 0.1) is 6.92 Å². The fourth-order valence-electron chi connectivity index (χ4n) is 3.45. The van der Waals surface area contributed by atoms with E-state index in [0.717, 1.165) is 12.0 Å². The highest BCUT2D eigenvalue weighted by molar-refractivity contribution is 6.08. The van der Waals surface area contributed by atoms with E-state index in [1.807, 2.05) is 42.5 Å². The number of furan rings is 1. The maximum Gasteiger partial charge on any atom is 0.256 e. The zero-order valence-electron chi connectivity index (χ0n) is 15.7. The molecule has 0 radical (unpaired) electrons. The summed E-state index contributed by atoms with van der Waals surface area (Å²) in [6.07, 6.45) is 1.48. The first-order valence-corrected chi connectivity index (χ1v) is 9.40. The van der Waals surface area contributed by atoms with Crippen molar-refractivity contribution in [3.63, 3.8) is 0 Å². The quantitative estimate of drug-likeness (QED) is 0.714. The van der Waals surface area contributed by atoms with Crippen LogP contribution in [0.15, 0.2) is 52.9 Å². The second-order valence-electron chi connectivity index (χ2n) is 6.92. The van der Waals surface area contributed by atoms with Gasteiger partial charge in [0.2, 0.25) is 5.91 Å². The van der Waals surface area contributed by atoms with Gasteiger partial charge in [0.25, 0.3) is 5.91 Å². The average molecular weight is 378 g/mol. The number of carbonyl (C=O) groups is 2. The highest BCUT2D eigenvalue weighted by atomic mass is 16.5. The fraction of sp³-hybridized carbons (Fsp3) is 0.273. The molecule has 2 amide bonds. The van der Waals surface area contributed by atoms with Crippen LogP contribution in [0.25, 0.3) is 11.0 Å². The Morgan fingerprint density at radius 2 is 2.07 bits per heavy atom. The molecule has 0 aliphatic carbocycles. The summed E-state index contributed by atoms with van der Waals surface area (Å²) >= 11 is 0. The molecule has 1 fully saturated rings. The highest BCUT2D eigenvalue weighted by Crippen LogP contribution is 2.29. The van der Waals surface area contributed by atoms with Gasteiger partial charge in [0.15, 0.2) is 0 Å². The number of aryl methyl sites for hydroxylation is 1. The number of hydrogen-bond donors (Lipinski definition) is 2. The van der Waals surface area contributed by atoms with Crippen LogP contribution in [0.1, 0.15) is 34.5 Å². The van der Waals surface area contributed by atoms with E-state index in [4.69, 9.17) is 9.15 Å². The zero-order chi connectivity index (χ0) is 19.5. The Balaban J connectivity index is 1.56.